The number of carbonyl (C=O) groups is 2. The molecule has 0 radical (unpaired) electrons. The lowest BCUT2D eigenvalue weighted by atomic mass is 10.2. The maximum atomic E-state index is 11.8. The summed E-state index contributed by atoms with van der Waals surface area (Å²) in [6, 6.07) is 1.70. The van der Waals surface area contributed by atoms with Crippen LogP contribution in [0, 0.1) is 0 Å². The largest absolute Gasteiger partial charge is 0.351 e. The van der Waals surface area contributed by atoms with Crippen LogP contribution in [0.15, 0.2) is 18.5 Å². The van der Waals surface area contributed by atoms with E-state index in [2.05, 4.69) is 22.9 Å². The average molecular weight is 265 g/mol. The third-order valence-electron chi connectivity index (χ3n) is 2.77. The molecule has 0 aromatic carbocycles. The van der Waals surface area contributed by atoms with E-state index in [1.807, 2.05) is 0 Å². The highest BCUT2D eigenvalue weighted by molar-refractivity contribution is 7.80. The first-order chi connectivity index (χ1) is 8.72. The minimum absolute atomic E-state index is 0.0877. The fraction of sp³-hybridized carbons (Fsp3) is 0.417. The van der Waals surface area contributed by atoms with Crippen LogP contribution in [0.3, 0.4) is 0 Å². The predicted octanol–water partition coefficient (Wildman–Crippen LogP) is 0.868. The van der Waals surface area contributed by atoms with Crippen LogP contribution in [0.1, 0.15) is 23.2 Å². The van der Waals surface area contributed by atoms with Gasteiger partial charge < -0.3 is 10.2 Å². The number of hydrogen-bond donors (Lipinski definition) is 2. The number of nitrogens with zero attached hydrogens (tertiary/aromatic N) is 2. The van der Waals surface area contributed by atoms with Crippen molar-refractivity contribution in [3.05, 3.63) is 24.0 Å². The van der Waals surface area contributed by atoms with E-state index in [4.69, 9.17) is 0 Å². The van der Waals surface area contributed by atoms with Gasteiger partial charge in [0.15, 0.2) is 0 Å². The topological polar surface area (TPSA) is 62.3 Å². The Kier molecular flexibility index (Phi) is 4.19. The van der Waals surface area contributed by atoms with Crippen molar-refractivity contribution in [2.75, 3.05) is 23.7 Å². The van der Waals surface area contributed by atoms with E-state index in [1.165, 1.54) is 6.20 Å². The molecule has 2 amide bonds. The van der Waals surface area contributed by atoms with E-state index < -0.39 is 0 Å². The summed E-state index contributed by atoms with van der Waals surface area (Å²) in [5, 5.41) is 2.72. The molecule has 0 unspecified atom stereocenters. The van der Waals surface area contributed by atoms with Crippen LogP contribution in [0.4, 0.5) is 5.69 Å². The van der Waals surface area contributed by atoms with Crippen molar-refractivity contribution >= 4 is 30.1 Å². The standard InChI is InChI=1S/C12H15N3O2S/c16-11-2-1-4-15(11)10-6-9(7-13-8-10)12(17)14-3-5-18/h6-8,18H,1-5H2,(H,14,17). The van der Waals surface area contributed by atoms with Crippen LogP contribution in [-0.2, 0) is 4.79 Å². The normalized spacial score (nSPS) is 14.9. The molecule has 1 saturated heterocycles. The molecule has 2 heterocycles. The number of amides is 2. The second kappa shape index (κ2) is 5.86. The van der Waals surface area contributed by atoms with E-state index in [-0.39, 0.29) is 11.8 Å². The number of pyridine rings is 1. The van der Waals surface area contributed by atoms with Gasteiger partial charge in [0.2, 0.25) is 5.91 Å². The summed E-state index contributed by atoms with van der Waals surface area (Å²) in [4.78, 5) is 29.1. The summed E-state index contributed by atoms with van der Waals surface area (Å²) in [7, 11) is 0. The Hall–Kier alpha value is -1.56. The molecule has 18 heavy (non-hydrogen) atoms. The number of aromatic nitrogens is 1. The maximum absolute atomic E-state index is 11.8. The molecule has 2 rings (SSSR count). The Balaban J connectivity index is 2.14. The van der Waals surface area contributed by atoms with Gasteiger partial charge in [-0.3, -0.25) is 14.6 Å². The number of carbonyl (C=O) groups excluding carboxylic acids is 2. The summed E-state index contributed by atoms with van der Waals surface area (Å²) in [5.74, 6) is 0.485. The smallest absolute Gasteiger partial charge is 0.252 e. The summed E-state index contributed by atoms with van der Waals surface area (Å²) in [5.41, 5.74) is 1.16. The number of anilines is 1. The lowest BCUT2D eigenvalue weighted by Gasteiger charge is -2.15. The molecule has 0 atom stereocenters. The van der Waals surface area contributed by atoms with Crippen LogP contribution in [0.2, 0.25) is 0 Å². The summed E-state index contributed by atoms with van der Waals surface area (Å²) >= 11 is 4.03. The van der Waals surface area contributed by atoms with Crippen LogP contribution in [-0.4, -0.2) is 35.6 Å². The van der Waals surface area contributed by atoms with Crippen LogP contribution >= 0.6 is 12.6 Å². The first-order valence-electron chi connectivity index (χ1n) is 5.87. The highest BCUT2D eigenvalue weighted by Crippen LogP contribution is 2.21. The zero-order valence-electron chi connectivity index (χ0n) is 9.93. The lowest BCUT2D eigenvalue weighted by Crippen LogP contribution is -2.27. The quantitative estimate of drug-likeness (QED) is 0.794. The molecular formula is C12H15N3O2S. The van der Waals surface area contributed by atoms with Crippen LogP contribution in [0.5, 0.6) is 0 Å². The molecule has 5 nitrogen and oxygen atoms in total. The minimum Gasteiger partial charge on any atom is -0.351 e. The number of nitrogens with one attached hydrogen (secondary N) is 1. The van der Waals surface area contributed by atoms with Gasteiger partial charge in [-0.15, -0.1) is 0 Å². The summed E-state index contributed by atoms with van der Waals surface area (Å²) in [6.45, 7) is 1.21. The Labute approximate surface area is 111 Å². The average Bonchev–Trinajstić information content (AvgIpc) is 2.82. The third-order valence-corrected chi connectivity index (χ3v) is 2.99. The van der Waals surface area contributed by atoms with Gasteiger partial charge >= 0.3 is 0 Å². The number of rotatable bonds is 4. The number of hydrogen-bond acceptors (Lipinski definition) is 4. The molecule has 1 aliphatic rings. The maximum Gasteiger partial charge on any atom is 0.252 e. The van der Waals surface area contributed by atoms with E-state index in [1.54, 1.807) is 17.2 Å². The molecular weight excluding hydrogens is 250 g/mol. The molecule has 96 valence electrons. The Morgan fingerprint density at radius 2 is 2.33 bits per heavy atom. The molecule has 6 heteroatoms. The fourth-order valence-corrected chi connectivity index (χ4v) is 2.00. The number of thiol groups is 1. The Bertz CT molecular complexity index is 464. The van der Waals surface area contributed by atoms with E-state index in [0.29, 0.717) is 36.5 Å². The Morgan fingerprint density at radius 1 is 1.50 bits per heavy atom. The van der Waals surface area contributed by atoms with Gasteiger partial charge in [-0.2, -0.15) is 12.6 Å². The zero-order chi connectivity index (χ0) is 13.0. The molecule has 1 aliphatic heterocycles. The van der Waals surface area contributed by atoms with Gasteiger partial charge in [0.05, 0.1) is 17.4 Å². The first-order valence-corrected chi connectivity index (χ1v) is 6.50. The highest BCUT2D eigenvalue weighted by Gasteiger charge is 2.22. The molecule has 1 aromatic rings. The van der Waals surface area contributed by atoms with Gasteiger partial charge in [0, 0.05) is 31.5 Å². The molecule has 0 bridgehead atoms. The van der Waals surface area contributed by atoms with Crippen LogP contribution < -0.4 is 10.2 Å². The van der Waals surface area contributed by atoms with Crippen molar-refractivity contribution in [1.29, 1.82) is 0 Å². The molecule has 0 spiro atoms. The van der Waals surface area contributed by atoms with Crippen molar-refractivity contribution in [3.8, 4) is 0 Å². The lowest BCUT2D eigenvalue weighted by molar-refractivity contribution is -0.117. The molecule has 1 N–H and O–H groups in total. The molecule has 0 saturated carbocycles. The third kappa shape index (κ3) is 2.81. The highest BCUT2D eigenvalue weighted by atomic mass is 32.1. The van der Waals surface area contributed by atoms with Crippen LogP contribution in [0.25, 0.3) is 0 Å². The zero-order valence-corrected chi connectivity index (χ0v) is 10.8. The second-order valence-electron chi connectivity index (χ2n) is 4.06. The Morgan fingerprint density at radius 3 is 3.00 bits per heavy atom. The van der Waals surface area contributed by atoms with Gasteiger partial charge in [0.25, 0.3) is 5.91 Å². The van der Waals surface area contributed by atoms with Crippen molar-refractivity contribution in [3.63, 3.8) is 0 Å². The molecule has 1 fully saturated rings. The molecule has 1 aromatic heterocycles. The van der Waals surface area contributed by atoms with Crippen molar-refractivity contribution in [1.82, 2.24) is 10.3 Å². The van der Waals surface area contributed by atoms with Gasteiger partial charge in [-0.05, 0) is 12.5 Å². The van der Waals surface area contributed by atoms with Gasteiger partial charge in [-0.1, -0.05) is 0 Å². The first kappa shape index (κ1) is 12.9. The van der Waals surface area contributed by atoms with Gasteiger partial charge in [-0.25, -0.2) is 0 Å². The van der Waals surface area contributed by atoms with E-state index >= 15 is 0 Å². The molecule has 0 aliphatic carbocycles. The summed E-state index contributed by atoms with van der Waals surface area (Å²) < 4.78 is 0. The van der Waals surface area contributed by atoms with Crippen molar-refractivity contribution in [2.45, 2.75) is 12.8 Å². The predicted molar refractivity (Wildman–Crippen MR) is 72.0 cm³/mol. The van der Waals surface area contributed by atoms with Crippen molar-refractivity contribution < 1.29 is 9.59 Å². The van der Waals surface area contributed by atoms with E-state index in [0.717, 1.165) is 6.42 Å². The van der Waals surface area contributed by atoms with Gasteiger partial charge in [0.1, 0.15) is 0 Å². The monoisotopic (exact) mass is 265 g/mol. The SMILES string of the molecule is O=C(NCCS)c1cncc(N2CCCC2=O)c1. The minimum atomic E-state index is -0.190. The fourth-order valence-electron chi connectivity index (χ4n) is 1.89. The second-order valence-corrected chi connectivity index (χ2v) is 4.51. The van der Waals surface area contributed by atoms with Crippen molar-refractivity contribution in [2.24, 2.45) is 0 Å². The summed E-state index contributed by atoms with van der Waals surface area (Å²) in [6.07, 6.45) is 4.53. The van der Waals surface area contributed by atoms with E-state index in [9.17, 15) is 9.59 Å².